The molecule has 0 aromatic carbocycles. The highest BCUT2D eigenvalue weighted by Crippen LogP contribution is 2.34. The maximum absolute atomic E-state index is 4.49. The Labute approximate surface area is 110 Å². The number of pyridine rings is 2. The lowest BCUT2D eigenvalue weighted by Gasteiger charge is -2.03. The molecule has 3 heteroatoms. The summed E-state index contributed by atoms with van der Waals surface area (Å²) >= 11 is 1.70. The van der Waals surface area contributed by atoms with E-state index in [1.54, 1.807) is 11.3 Å². The van der Waals surface area contributed by atoms with Crippen molar-refractivity contribution in [1.82, 2.24) is 9.97 Å². The molecule has 88 valence electrons. The summed E-state index contributed by atoms with van der Waals surface area (Å²) in [6.45, 7) is 2.05. The molecule has 18 heavy (non-hydrogen) atoms. The summed E-state index contributed by atoms with van der Waals surface area (Å²) in [7, 11) is 0. The predicted molar refractivity (Wildman–Crippen MR) is 75.5 cm³/mol. The highest BCUT2D eigenvalue weighted by Gasteiger charge is 2.10. The maximum Gasteiger partial charge on any atom is 0.0808 e. The number of aromatic nitrogens is 2. The summed E-state index contributed by atoms with van der Waals surface area (Å²) in [4.78, 5) is 10.1. The van der Waals surface area contributed by atoms with E-state index in [0.29, 0.717) is 0 Å². The van der Waals surface area contributed by atoms with Gasteiger partial charge in [-0.3, -0.25) is 9.97 Å². The molecule has 3 aromatic heterocycles. The van der Waals surface area contributed by atoms with Crippen LogP contribution < -0.4 is 0 Å². The molecule has 3 heterocycles. The quantitative estimate of drug-likeness (QED) is 0.683. The fourth-order valence-corrected chi connectivity index (χ4v) is 2.71. The molecule has 3 aromatic rings. The molecular formula is C15H12N2S. The summed E-state index contributed by atoms with van der Waals surface area (Å²) in [6, 6.07) is 12.2. The molecule has 0 atom stereocenters. The molecule has 2 nitrogen and oxygen atoms in total. The highest BCUT2D eigenvalue weighted by atomic mass is 32.1. The average molecular weight is 252 g/mol. The second kappa shape index (κ2) is 4.70. The molecule has 0 N–H and O–H groups in total. The molecule has 0 fully saturated rings. The Morgan fingerprint density at radius 3 is 2.61 bits per heavy atom. The van der Waals surface area contributed by atoms with Crippen molar-refractivity contribution in [2.75, 3.05) is 0 Å². The average Bonchev–Trinajstić information content (AvgIpc) is 2.90. The Morgan fingerprint density at radius 1 is 0.944 bits per heavy atom. The SMILES string of the molecule is Cc1ccc(-c2sccc2-c2ccccn2)nc1. The maximum atomic E-state index is 4.49. The van der Waals surface area contributed by atoms with E-state index in [1.165, 1.54) is 10.4 Å². The van der Waals surface area contributed by atoms with Gasteiger partial charge in [-0.05, 0) is 42.1 Å². The molecule has 3 rings (SSSR count). The van der Waals surface area contributed by atoms with Crippen LogP contribution in [0.1, 0.15) is 5.56 Å². The lowest BCUT2D eigenvalue weighted by atomic mass is 10.1. The van der Waals surface area contributed by atoms with E-state index in [2.05, 4.69) is 33.5 Å². The summed E-state index contributed by atoms with van der Waals surface area (Å²) in [5.74, 6) is 0. The zero-order chi connectivity index (χ0) is 12.4. The molecule has 0 unspecified atom stereocenters. The van der Waals surface area contributed by atoms with Gasteiger partial charge in [0.05, 0.1) is 16.3 Å². The third kappa shape index (κ3) is 2.05. The van der Waals surface area contributed by atoms with Crippen LogP contribution in [0.2, 0.25) is 0 Å². The first kappa shape index (κ1) is 11.1. The Bertz CT molecular complexity index is 642. The van der Waals surface area contributed by atoms with Gasteiger partial charge in [-0.25, -0.2) is 0 Å². The van der Waals surface area contributed by atoms with Gasteiger partial charge >= 0.3 is 0 Å². The molecule has 0 saturated carbocycles. The van der Waals surface area contributed by atoms with Crippen molar-refractivity contribution in [3.8, 4) is 21.8 Å². The lowest BCUT2D eigenvalue weighted by Crippen LogP contribution is -1.85. The normalized spacial score (nSPS) is 10.5. The van der Waals surface area contributed by atoms with E-state index in [9.17, 15) is 0 Å². The molecule has 0 aliphatic rings. The van der Waals surface area contributed by atoms with E-state index in [4.69, 9.17) is 0 Å². The van der Waals surface area contributed by atoms with E-state index < -0.39 is 0 Å². The van der Waals surface area contributed by atoms with E-state index >= 15 is 0 Å². The van der Waals surface area contributed by atoms with Gasteiger partial charge in [-0.15, -0.1) is 11.3 Å². The van der Waals surface area contributed by atoms with Gasteiger partial charge in [0.1, 0.15) is 0 Å². The minimum atomic E-state index is 0.996. The minimum absolute atomic E-state index is 0.996. The monoisotopic (exact) mass is 252 g/mol. The van der Waals surface area contributed by atoms with Crippen molar-refractivity contribution in [2.24, 2.45) is 0 Å². The van der Waals surface area contributed by atoms with Gasteiger partial charge in [0.15, 0.2) is 0 Å². The van der Waals surface area contributed by atoms with E-state index in [-0.39, 0.29) is 0 Å². The largest absolute Gasteiger partial charge is 0.256 e. The number of hydrogen-bond acceptors (Lipinski definition) is 3. The van der Waals surface area contributed by atoms with Gasteiger partial charge in [-0.2, -0.15) is 0 Å². The second-order valence-electron chi connectivity index (χ2n) is 4.10. The molecule has 0 bridgehead atoms. The molecule has 0 saturated heterocycles. The number of hydrogen-bond donors (Lipinski definition) is 0. The second-order valence-corrected chi connectivity index (χ2v) is 5.02. The van der Waals surface area contributed by atoms with Crippen LogP contribution in [0.25, 0.3) is 21.8 Å². The lowest BCUT2D eigenvalue weighted by molar-refractivity contribution is 1.27. The first-order valence-corrected chi connectivity index (χ1v) is 6.64. The van der Waals surface area contributed by atoms with Crippen LogP contribution in [-0.2, 0) is 0 Å². The van der Waals surface area contributed by atoms with Crippen LogP contribution in [0.5, 0.6) is 0 Å². The summed E-state index contributed by atoms with van der Waals surface area (Å²) in [5, 5.41) is 2.08. The van der Waals surface area contributed by atoms with Crippen LogP contribution in [-0.4, -0.2) is 9.97 Å². The molecule has 0 aliphatic heterocycles. The molecule has 0 radical (unpaired) electrons. The third-order valence-electron chi connectivity index (χ3n) is 2.75. The first-order valence-electron chi connectivity index (χ1n) is 5.76. The molecule has 0 spiro atoms. The van der Waals surface area contributed by atoms with Crippen molar-refractivity contribution in [3.05, 3.63) is 59.7 Å². The van der Waals surface area contributed by atoms with Crippen LogP contribution in [0.15, 0.2) is 54.2 Å². The van der Waals surface area contributed by atoms with Gasteiger partial charge in [-0.1, -0.05) is 12.1 Å². The van der Waals surface area contributed by atoms with Crippen LogP contribution in [0.4, 0.5) is 0 Å². The molecule has 0 aliphatic carbocycles. The minimum Gasteiger partial charge on any atom is -0.256 e. The van der Waals surface area contributed by atoms with Gasteiger partial charge in [0.25, 0.3) is 0 Å². The van der Waals surface area contributed by atoms with E-state index in [0.717, 1.165) is 17.0 Å². The van der Waals surface area contributed by atoms with Crippen molar-refractivity contribution in [2.45, 2.75) is 6.92 Å². The van der Waals surface area contributed by atoms with Crippen molar-refractivity contribution >= 4 is 11.3 Å². The van der Waals surface area contributed by atoms with Gasteiger partial charge < -0.3 is 0 Å². The van der Waals surface area contributed by atoms with Crippen molar-refractivity contribution < 1.29 is 0 Å². The van der Waals surface area contributed by atoms with Crippen LogP contribution >= 0.6 is 11.3 Å². The van der Waals surface area contributed by atoms with Crippen LogP contribution in [0, 0.1) is 6.92 Å². The Morgan fingerprint density at radius 2 is 1.89 bits per heavy atom. The Hall–Kier alpha value is -2.00. The standard InChI is InChI=1S/C15H12N2S/c1-11-5-6-14(17-10-11)15-12(7-9-18-15)13-4-2-3-8-16-13/h2-10H,1H3. The number of thiophene rings is 1. The smallest absolute Gasteiger partial charge is 0.0808 e. The predicted octanol–water partition coefficient (Wildman–Crippen LogP) is 4.18. The molecule has 0 amide bonds. The third-order valence-corrected chi connectivity index (χ3v) is 3.69. The highest BCUT2D eigenvalue weighted by molar-refractivity contribution is 7.14. The first-order chi connectivity index (χ1) is 8.84. The number of aryl methyl sites for hydroxylation is 1. The van der Waals surface area contributed by atoms with Gasteiger partial charge in [0, 0.05) is 18.0 Å². The number of nitrogens with zero attached hydrogens (tertiary/aromatic N) is 2. The Kier molecular flexibility index (Phi) is 2.90. The summed E-state index contributed by atoms with van der Waals surface area (Å²) in [5.41, 5.74) is 4.33. The zero-order valence-electron chi connectivity index (χ0n) is 10.00. The Balaban J connectivity index is 2.10. The summed E-state index contributed by atoms with van der Waals surface area (Å²) in [6.07, 6.45) is 3.72. The number of rotatable bonds is 2. The summed E-state index contributed by atoms with van der Waals surface area (Å²) < 4.78 is 0. The van der Waals surface area contributed by atoms with E-state index in [1.807, 2.05) is 37.5 Å². The zero-order valence-corrected chi connectivity index (χ0v) is 10.8. The fourth-order valence-electron chi connectivity index (χ4n) is 1.83. The molecular weight excluding hydrogens is 240 g/mol. The fraction of sp³-hybridized carbons (Fsp3) is 0.0667. The topological polar surface area (TPSA) is 25.8 Å². The van der Waals surface area contributed by atoms with Crippen molar-refractivity contribution in [3.63, 3.8) is 0 Å². The van der Waals surface area contributed by atoms with Gasteiger partial charge in [0.2, 0.25) is 0 Å². The van der Waals surface area contributed by atoms with Crippen molar-refractivity contribution in [1.29, 1.82) is 0 Å². The van der Waals surface area contributed by atoms with Crippen LogP contribution in [0.3, 0.4) is 0 Å².